The zero-order valence-electron chi connectivity index (χ0n) is 29.5. The second kappa shape index (κ2) is 18.2. The molecular weight excluding hydrogens is 706 g/mol. The van der Waals surface area contributed by atoms with Crippen LogP contribution in [0.25, 0.3) is 16.0 Å². The average molecular weight is 746 g/mol. The third-order valence-electron chi connectivity index (χ3n) is 9.41. The fraction of sp³-hybridized carbons (Fsp3) is 0.357. The minimum atomic E-state index is -1.56. The van der Waals surface area contributed by atoms with Crippen LogP contribution in [-0.4, -0.2) is 50.5 Å². The number of nitrogens with zero attached hydrogens (tertiary/aromatic N) is 1. The molecule has 12 heteroatoms. The van der Waals surface area contributed by atoms with Crippen molar-refractivity contribution in [1.82, 2.24) is 0 Å². The number of ether oxygens (including phenoxy) is 5. The van der Waals surface area contributed by atoms with Crippen molar-refractivity contribution in [2.24, 2.45) is 5.92 Å². The number of carbonyl (C=O) groups is 2. The molecule has 0 N–H and O–H groups in total. The van der Waals surface area contributed by atoms with Gasteiger partial charge in [-0.15, -0.1) is 0 Å². The summed E-state index contributed by atoms with van der Waals surface area (Å²) in [7, 11) is 0. The van der Waals surface area contributed by atoms with Crippen molar-refractivity contribution in [1.29, 1.82) is 0 Å². The van der Waals surface area contributed by atoms with Crippen molar-refractivity contribution >= 4 is 11.9 Å². The van der Waals surface area contributed by atoms with Crippen LogP contribution in [-0.2, 0) is 27.1 Å². The van der Waals surface area contributed by atoms with E-state index in [1.54, 1.807) is 0 Å². The van der Waals surface area contributed by atoms with Crippen LogP contribution >= 0.6 is 0 Å². The molecule has 3 unspecified atom stereocenters. The highest BCUT2D eigenvalue weighted by Gasteiger charge is 2.43. The molecule has 1 saturated heterocycles. The number of hydrogen-bond donors (Lipinski definition) is 0. The number of fused-ring (bicyclic) bond motifs is 1. The predicted molar refractivity (Wildman–Crippen MR) is 190 cm³/mol. The predicted octanol–water partition coefficient (Wildman–Crippen LogP) is 8.87. The lowest BCUT2D eigenvalue weighted by Crippen LogP contribution is -2.19. The molecule has 1 aliphatic carbocycles. The third-order valence-corrected chi connectivity index (χ3v) is 9.41. The van der Waals surface area contributed by atoms with Crippen molar-refractivity contribution in [2.75, 3.05) is 26.4 Å². The Morgan fingerprint density at radius 2 is 1.54 bits per heavy atom. The van der Waals surface area contributed by atoms with Crippen LogP contribution in [0.1, 0.15) is 60.0 Å². The van der Waals surface area contributed by atoms with Gasteiger partial charge in [-0.3, -0.25) is 4.79 Å². The molecule has 282 valence electrons. The largest absolute Gasteiger partial charge is 0.494 e. The van der Waals surface area contributed by atoms with E-state index < -0.39 is 40.8 Å². The lowest BCUT2D eigenvalue weighted by Gasteiger charge is -2.18. The van der Waals surface area contributed by atoms with Crippen LogP contribution in [0.3, 0.4) is 0 Å². The number of carbonyl (C=O) groups excluding carboxylic acids is 2. The van der Waals surface area contributed by atoms with E-state index in [2.05, 4.69) is 4.85 Å². The van der Waals surface area contributed by atoms with E-state index in [1.165, 1.54) is 36.8 Å². The van der Waals surface area contributed by atoms with Crippen molar-refractivity contribution in [3.05, 3.63) is 124 Å². The minimum absolute atomic E-state index is 0.00295. The van der Waals surface area contributed by atoms with Gasteiger partial charge in [0.05, 0.1) is 29.9 Å². The zero-order valence-corrected chi connectivity index (χ0v) is 29.5. The maximum atomic E-state index is 14.2. The lowest BCUT2D eigenvalue weighted by atomic mass is 9.90. The second-order valence-corrected chi connectivity index (χ2v) is 13.4. The number of halogens is 4. The fourth-order valence-electron chi connectivity index (χ4n) is 6.44. The molecule has 0 aromatic heterocycles. The Bertz CT molecular complexity index is 1950. The van der Waals surface area contributed by atoms with Gasteiger partial charge in [-0.25, -0.2) is 28.9 Å². The average Bonchev–Trinajstić information content (AvgIpc) is 3.96. The van der Waals surface area contributed by atoms with Crippen molar-refractivity contribution in [3.63, 3.8) is 0 Å². The molecule has 6 rings (SSSR count). The van der Waals surface area contributed by atoms with Crippen LogP contribution < -0.4 is 14.2 Å². The van der Waals surface area contributed by atoms with Gasteiger partial charge in [0, 0.05) is 38.5 Å². The highest BCUT2D eigenvalue weighted by atomic mass is 19.2. The maximum Gasteiger partial charge on any atom is 0.343 e. The molecule has 1 heterocycles. The lowest BCUT2D eigenvalue weighted by molar-refractivity contribution is -0.134. The molecular formula is C42H39F4NO7. The van der Waals surface area contributed by atoms with E-state index in [9.17, 15) is 27.2 Å². The first-order valence-corrected chi connectivity index (χ1v) is 18.0. The molecule has 3 atom stereocenters. The Hall–Kier alpha value is -5.25. The summed E-state index contributed by atoms with van der Waals surface area (Å²) in [4.78, 5) is 29.1. The van der Waals surface area contributed by atoms with Crippen molar-refractivity contribution in [2.45, 2.75) is 63.6 Å². The Morgan fingerprint density at radius 3 is 2.26 bits per heavy atom. The summed E-state index contributed by atoms with van der Waals surface area (Å²) < 4.78 is 84.3. The Labute approximate surface area is 310 Å². The van der Waals surface area contributed by atoms with Gasteiger partial charge in [0.25, 0.3) is 0 Å². The molecule has 2 fully saturated rings. The quantitative estimate of drug-likeness (QED) is 0.0203. The molecule has 0 amide bonds. The Morgan fingerprint density at radius 1 is 0.796 bits per heavy atom. The monoisotopic (exact) mass is 745 g/mol. The van der Waals surface area contributed by atoms with E-state index in [-0.39, 0.29) is 41.7 Å². The van der Waals surface area contributed by atoms with Crippen LogP contribution in [0.15, 0.2) is 72.8 Å². The van der Waals surface area contributed by atoms with Gasteiger partial charge >= 0.3 is 11.9 Å². The van der Waals surface area contributed by atoms with E-state index in [0.717, 1.165) is 49.3 Å². The summed E-state index contributed by atoms with van der Waals surface area (Å²) in [5, 5.41) is 0. The van der Waals surface area contributed by atoms with Crippen LogP contribution in [0, 0.1) is 35.8 Å². The van der Waals surface area contributed by atoms with Gasteiger partial charge in [0.15, 0.2) is 23.3 Å². The van der Waals surface area contributed by atoms with Gasteiger partial charge in [-0.1, -0.05) is 24.3 Å². The first kappa shape index (κ1) is 38.5. The van der Waals surface area contributed by atoms with Gasteiger partial charge in [0.1, 0.15) is 17.2 Å². The minimum Gasteiger partial charge on any atom is -0.494 e. The summed E-state index contributed by atoms with van der Waals surface area (Å²) in [5.41, 5.74) is 0.419. The van der Waals surface area contributed by atoms with E-state index in [1.807, 2.05) is 24.3 Å². The molecule has 4 aromatic rings. The zero-order chi connectivity index (χ0) is 38.0. The number of aryl methyl sites for hydroxylation is 2. The van der Waals surface area contributed by atoms with E-state index in [0.29, 0.717) is 56.2 Å². The maximum absolute atomic E-state index is 14.2. The molecule has 0 bridgehead atoms. The summed E-state index contributed by atoms with van der Waals surface area (Å²) in [5.74, 6) is -5.75. The number of benzene rings is 4. The summed E-state index contributed by atoms with van der Waals surface area (Å²) in [6, 6.07) is 16.9. The van der Waals surface area contributed by atoms with Crippen molar-refractivity contribution < 1.29 is 50.8 Å². The van der Waals surface area contributed by atoms with E-state index >= 15 is 0 Å². The van der Waals surface area contributed by atoms with Crippen LogP contribution in [0.5, 0.6) is 17.2 Å². The topological polar surface area (TPSA) is 88.0 Å². The second-order valence-electron chi connectivity index (χ2n) is 13.4. The Balaban J connectivity index is 0.970. The SMILES string of the molecule is [C-]#[N+]CCCc1cc(OC(=O)c2ccc(-c3c(F)c(F)cc(F)c3F)cc2)ccc1OC(=O)CCc1ccc(OCCCOCC2CCC3OC3C2)cc1. The van der Waals surface area contributed by atoms with Gasteiger partial charge in [0.2, 0.25) is 6.54 Å². The molecule has 8 nitrogen and oxygen atoms in total. The highest BCUT2D eigenvalue weighted by molar-refractivity contribution is 5.91. The van der Waals surface area contributed by atoms with Gasteiger partial charge in [-0.05, 0) is 97.2 Å². The molecule has 1 aliphatic heterocycles. The molecule has 0 spiro atoms. The smallest absolute Gasteiger partial charge is 0.343 e. The number of epoxide rings is 1. The Kier molecular flexibility index (Phi) is 13.0. The first-order valence-electron chi connectivity index (χ1n) is 18.0. The van der Waals surface area contributed by atoms with Crippen molar-refractivity contribution in [3.8, 4) is 28.4 Å². The van der Waals surface area contributed by atoms with Crippen LogP contribution in [0.4, 0.5) is 17.6 Å². The normalized spacial score (nSPS) is 17.3. The number of hydrogen-bond acceptors (Lipinski definition) is 7. The summed E-state index contributed by atoms with van der Waals surface area (Å²) in [6.07, 6.45) is 6.57. The molecule has 4 aromatic carbocycles. The molecule has 0 radical (unpaired) electrons. The fourth-order valence-corrected chi connectivity index (χ4v) is 6.44. The third kappa shape index (κ3) is 10.2. The number of esters is 2. The molecule has 2 aliphatic rings. The summed E-state index contributed by atoms with van der Waals surface area (Å²) in [6.45, 7) is 9.30. The number of rotatable bonds is 17. The van der Waals surface area contributed by atoms with Gasteiger partial charge in [-0.2, -0.15) is 0 Å². The van der Waals surface area contributed by atoms with Crippen LogP contribution in [0.2, 0.25) is 0 Å². The summed E-state index contributed by atoms with van der Waals surface area (Å²) >= 11 is 0. The van der Waals surface area contributed by atoms with E-state index in [4.69, 9.17) is 30.3 Å². The standard InChI is InChI=1S/C42H39F4NO7/c1-47-19-2-4-30-23-32(52-42(49)29-11-9-28(10-12-29)39-40(45)33(43)24-34(44)41(39)46)15-17-35(30)54-38(48)18-8-26-5-13-31(14-6-26)51-21-3-20-50-25-27-7-16-36-37(22-27)53-36/h5-6,9-15,17,23-24,27,36-37H,2-4,7-8,16,18-22,25H2. The first-order chi connectivity index (χ1) is 26.2. The molecule has 54 heavy (non-hydrogen) atoms. The molecule has 1 saturated carbocycles. The highest BCUT2D eigenvalue weighted by Crippen LogP contribution is 2.39. The van der Waals surface area contributed by atoms with Gasteiger partial charge < -0.3 is 28.5 Å².